The average Bonchev–Trinajstić information content (AvgIpc) is 2.74. The Morgan fingerprint density at radius 3 is 2.90 bits per heavy atom. The molecule has 20 heavy (non-hydrogen) atoms. The van der Waals surface area contributed by atoms with Crippen LogP contribution in [0.3, 0.4) is 0 Å². The van der Waals surface area contributed by atoms with Gasteiger partial charge in [0.05, 0.1) is 24.4 Å². The molecule has 1 fully saturated rings. The van der Waals surface area contributed by atoms with Gasteiger partial charge in [-0.3, -0.25) is 9.79 Å². The maximum Gasteiger partial charge on any atom is 0.352 e. The van der Waals surface area contributed by atoms with Gasteiger partial charge in [-0.05, 0) is 18.9 Å². The number of aliphatic imine (C=N–C) groups is 1. The molecule has 0 aromatic carbocycles. The monoisotopic (exact) mass is 279 g/mol. The number of carbonyl (C=O) groups excluding carboxylic acids is 1. The first-order chi connectivity index (χ1) is 9.52. The molecule has 3 aliphatic rings. The van der Waals surface area contributed by atoms with Crippen molar-refractivity contribution in [2.45, 2.75) is 25.5 Å². The molecule has 0 aliphatic carbocycles. The Morgan fingerprint density at radius 1 is 1.60 bits per heavy atom. The second-order valence-electron chi connectivity index (χ2n) is 5.52. The number of carboxylic acids is 1. The number of aliphatic hydroxyl groups excluding tert-OH is 1. The van der Waals surface area contributed by atoms with Crippen LogP contribution in [0.1, 0.15) is 13.3 Å². The Bertz CT molecular complexity index is 526. The molecule has 0 radical (unpaired) electrons. The van der Waals surface area contributed by atoms with Gasteiger partial charge in [-0.15, -0.1) is 0 Å². The van der Waals surface area contributed by atoms with Crippen molar-refractivity contribution in [3.8, 4) is 0 Å². The Labute approximate surface area is 116 Å². The molecule has 1 saturated heterocycles. The minimum atomic E-state index is -1.07. The van der Waals surface area contributed by atoms with Crippen LogP contribution in [0.2, 0.25) is 0 Å². The summed E-state index contributed by atoms with van der Waals surface area (Å²) < 4.78 is 0. The number of aliphatic hydroxyl groups is 1. The van der Waals surface area contributed by atoms with Crippen molar-refractivity contribution in [1.82, 2.24) is 10.2 Å². The summed E-state index contributed by atoms with van der Waals surface area (Å²) in [7, 11) is 0. The van der Waals surface area contributed by atoms with E-state index in [0.29, 0.717) is 19.5 Å². The van der Waals surface area contributed by atoms with Crippen LogP contribution in [0, 0.1) is 11.8 Å². The van der Waals surface area contributed by atoms with Crippen molar-refractivity contribution in [2.24, 2.45) is 16.8 Å². The van der Waals surface area contributed by atoms with E-state index in [1.54, 1.807) is 13.3 Å². The van der Waals surface area contributed by atoms with Crippen molar-refractivity contribution < 1.29 is 19.8 Å². The van der Waals surface area contributed by atoms with Crippen LogP contribution in [0.25, 0.3) is 0 Å². The lowest BCUT2D eigenvalue weighted by molar-refractivity contribution is -0.161. The molecule has 0 aromatic rings. The summed E-state index contributed by atoms with van der Waals surface area (Å²) in [6.45, 7) is 2.74. The third kappa shape index (κ3) is 1.73. The highest BCUT2D eigenvalue weighted by molar-refractivity contribution is 5.99. The van der Waals surface area contributed by atoms with E-state index in [1.165, 1.54) is 4.90 Å². The van der Waals surface area contributed by atoms with Gasteiger partial charge < -0.3 is 20.4 Å². The minimum Gasteiger partial charge on any atom is -0.477 e. The number of hydrogen-bond acceptors (Lipinski definition) is 5. The van der Waals surface area contributed by atoms with E-state index in [0.717, 1.165) is 5.57 Å². The average molecular weight is 279 g/mol. The number of fused-ring (bicyclic) bond motifs is 1. The SMILES string of the molecule is C[C@@H](O)[C@H]1C(=O)N2C(C(=O)O)=C(C3CN=CNC3)C[C@H]12. The molecule has 3 heterocycles. The fraction of sp³-hybridized carbons (Fsp3) is 0.615. The van der Waals surface area contributed by atoms with Gasteiger partial charge in [-0.1, -0.05) is 0 Å². The summed E-state index contributed by atoms with van der Waals surface area (Å²) in [4.78, 5) is 29.0. The summed E-state index contributed by atoms with van der Waals surface area (Å²) in [5, 5.41) is 22.1. The molecule has 0 aromatic heterocycles. The van der Waals surface area contributed by atoms with Gasteiger partial charge in [0.2, 0.25) is 5.91 Å². The highest BCUT2D eigenvalue weighted by atomic mass is 16.4. The molecule has 3 rings (SSSR count). The number of nitrogens with zero attached hydrogens (tertiary/aromatic N) is 2. The predicted octanol–water partition coefficient (Wildman–Crippen LogP) is -0.816. The van der Waals surface area contributed by atoms with E-state index in [1.807, 2.05) is 0 Å². The van der Waals surface area contributed by atoms with Crippen LogP contribution in [0.5, 0.6) is 0 Å². The van der Waals surface area contributed by atoms with Gasteiger partial charge in [-0.25, -0.2) is 4.79 Å². The third-order valence-electron chi connectivity index (χ3n) is 4.33. The second kappa shape index (κ2) is 4.59. The van der Waals surface area contributed by atoms with Gasteiger partial charge in [0.1, 0.15) is 5.70 Å². The summed E-state index contributed by atoms with van der Waals surface area (Å²) in [6, 6.07) is -0.213. The largest absolute Gasteiger partial charge is 0.477 e. The number of aliphatic carboxylic acids is 1. The normalized spacial score (nSPS) is 33.6. The van der Waals surface area contributed by atoms with Gasteiger partial charge in [0, 0.05) is 19.0 Å². The molecule has 4 atom stereocenters. The van der Waals surface area contributed by atoms with E-state index in [-0.39, 0.29) is 23.6 Å². The topological polar surface area (TPSA) is 102 Å². The quantitative estimate of drug-likeness (QED) is 0.586. The molecule has 3 aliphatic heterocycles. The summed E-state index contributed by atoms with van der Waals surface area (Å²) in [5.74, 6) is -1.85. The van der Waals surface area contributed by atoms with Gasteiger partial charge in [-0.2, -0.15) is 0 Å². The standard InChI is InChI=1S/C13H17N3O4/c1-6(17)10-9-2-8(7-3-14-5-15-4-7)11(13(19)20)16(9)12(10)18/h5-7,9-10,17H,2-4H2,1H3,(H,14,15)(H,19,20)/t6-,9-,10-/m1/s1. The molecule has 0 spiro atoms. The molecule has 3 N–H and O–H groups in total. The fourth-order valence-electron chi connectivity index (χ4n) is 3.40. The number of amides is 1. The molecule has 1 unspecified atom stereocenters. The molecule has 108 valence electrons. The van der Waals surface area contributed by atoms with Crippen molar-refractivity contribution in [2.75, 3.05) is 13.1 Å². The fourth-order valence-corrected chi connectivity index (χ4v) is 3.40. The number of nitrogens with one attached hydrogen (secondary N) is 1. The number of carbonyl (C=O) groups is 2. The Hall–Kier alpha value is -1.89. The lowest BCUT2D eigenvalue weighted by atomic mass is 9.82. The third-order valence-corrected chi connectivity index (χ3v) is 4.33. The van der Waals surface area contributed by atoms with E-state index in [4.69, 9.17) is 0 Å². The summed E-state index contributed by atoms with van der Waals surface area (Å²) in [6.07, 6.45) is 1.39. The van der Waals surface area contributed by atoms with Crippen LogP contribution in [-0.4, -0.2) is 58.6 Å². The maximum absolute atomic E-state index is 12.1. The molecule has 7 nitrogen and oxygen atoms in total. The molecule has 1 amide bonds. The number of β-lactam (4-membered cyclic amide) rings is 1. The molecule has 0 bridgehead atoms. The highest BCUT2D eigenvalue weighted by Crippen LogP contribution is 2.45. The van der Waals surface area contributed by atoms with E-state index in [9.17, 15) is 19.8 Å². The van der Waals surface area contributed by atoms with Crippen molar-refractivity contribution in [1.29, 1.82) is 0 Å². The molecular formula is C13H17N3O4. The first-order valence-corrected chi connectivity index (χ1v) is 6.71. The molecule has 7 heteroatoms. The van der Waals surface area contributed by atoms with Gasteiger partial charge in [0.15, 0.2) is 0 Å². The lowest BCUT2D eigenvalue weighted by Gasteiger charge is -2.44. The number of rotatable bonds is 3. The van der Waals surface area contributed by atoms with Crippen LogP contribution in [0.15, 0.2) is 16.3 Å². The maximum atomic E-state index is 12.1. The van der Waals surface area contributed by atoms with Crippen molar-refractivity contribution in [3.05, 3.63) is 11.3 Å². The number of hydrogen-bond donors (Lipinski definition) is 3. The molecule has 0 saturated carbocycles. The first-order valence-electron chi connectivity index (χ1n) is 6.71. The second-order valence-corrected chi connectivity index (χ2v) is 5.52. The Kier molecular flexibility index (Phi) is 3.01. The van der Waals surface area contributed by atoms with Crippen molar-refractivity contribution in [3.63, 3.8) is 0 Å². The summed E-state index contributed by atoms with van der Waals surface area (Å²) >= 11 is 0. The Morgan fingerprint density at radius 2 is 2.35 bits per heavy atom. The van der Waals surface area contributed by atoms with Gasteiger partial charge in [0.25, 0.3) is 0 Å². The smallest absolute Gasteiger partial charge is 0.352 e. The number of carboxylic acid groups (broad SMARTS) is 1. The van der Waals surface area contributed by atoms with Crippen LogP contribution in [0.4, 0.5) is 0 Å². The van der Waals surface area contributed by atoms with E-state index < -0.39 is 18.0 Å². The minimum absolute atomic E-state index is 0.000788. The van der Waals surface area contributed by atoms with Crippen molar-refractivity contribution >= 4 is 18.2 Å². The first kappa shape index (κ1) is 13.1. The highest BCUT2D eigenvalue weighted by Gasteiger charge is 2.57. The van der Waals surface area contributed by atoms with Crippen LogP contribution >= 0.6 is 0 Å². The zero-order valence-electron chi connectivity index (χ0n) is 11.1. The summed E-state index contributed by atoms with van der Waals surface area (Å²) in [5.41, 5.74) is 0.865. The predicted molar refractivity (Wildman–Crippen MR) is 69.9 cm³/mol. The Balaban J connectivity index is 1.91. The zero-order chi connectivity index (χ0) is 14.4. The van der Waals surface area contributed by atoms with E-state index >= 15 is 0 Å². The lowest BCUT2D eigenvalue weighted by Crippen LogP contribution is -2.61. The van der Waals surface area contributed by atoms with Crippen LogP contribution in [-0.2, 0) is 9.59 Å². The zero-order valence-corrected chi connectivity index (χ0v) is 11.1. The molecular weight excluding hydrogens is 262 g/mol. The van der Waals surface area contributed by atoms with E-state index in [2.05, 4.69) is 10.3 Å². The van der Waals surface area contributed by atoms with Crippen LogP contribution < -0.4 is 5.32 Å². The van der Waals surface area contributed by atoms with Gasteiger partial charge >= 0.3 is 5.97 Å².